The highest BCUT2D eigenvalue weighted by molar-refractivity contribution is 7.85. The Morgan fingerprint density at radius 1 is 1.02 bits per heavy atom. The summed E-state index contributed by atoms with van der Waals surface area (Å²) in [6.45, 7) is 6.97. The molecule has 4 rings (SSSR count). The number of amides is 5. The number of aromatic nitrogens is 2. The fourth-order valence-electron chi connectivity index (χ4n) is 4.79. The number of H-pyrrole nitrogens is 1. The number of hydrogen-bond donors (Lipinski definition) is 5. The Morgan fingerprint density at radius 2 is 1.70 bits per heavy atom. The third kappa shape index (κ3) is 9.52. The maximum absolute atomic E-state index is 13.4. The van der Waals surface area contributed by atoms with Gasteiger partial charge in [0.25, 0.3) is 27.5 Å². The normalized spacial score (nSPS) is 14.8. The van der Waals surface area contributed by atoms with Crippen molar-refractivity contribution in [1.29, 1.82) is 0 Å². The molecule has 0 atom stereocenters. The lowest BCUT2D eigenvalue weighted by Crippen LogP contribution is -2.54. The summed E-state index contributed by atoms with van der Waals surface area (Å²) in [4.78, 5) is 91.4. The molecule has 5 N–H and O–H groups in total. The zero-order chi connectivity index (χ0) is 40.0. The van der Waals surface area contributed by atoms with Gasteiger partial charge in [0.2, 0.25) is 11.8 Å². The number of aromatic amines is 1. The average molecular weight is 764 g/mol. The molecule has 1 fully saturated rings. The van der Waals surface area contributed by atoms with Crippen LogP contribution in [-0.4, -0.2) is 64.0 Å². The Balaban J connectivity index is 1.50. The molecule has 284 valence electrons. The van der Waals surface area contributed by atoms with Crippen LogP contribution in [0.4, 0.5) is 16.2 Å². The second-order valence-corrected chi connectivity index (χ2v) is 14.0. The van der Waals surface area contributed by atoms with Gasteiger partial charge in [-0.15, -0.1) is 0 Å². The minimum Gasteiger partial charge on any atom is -0.494 e. The number of nitrogens with one attached hydrogen (secondary N) is 3. The molecule has 0 spiro atoms. The van der Waals surface area contributed by atoms with Crippen LogP contribution >= 0.6 is 0 Å². The molecule has 2 heterocycles. The Kier molecular flexibility index (Phi) is 12.3. The fourth-order valence-corrected chi connectivity index (χ4v) is 5.31. The first-order valence-electron chi connectivity index (χ1n) is 16.3. The smallest absolute Gasteiger partial charge is 0.335 e. The van der Waals surface area contributed by atoms with Gasteiger partial charge in [0.05, 0.1) is 28.3 Å². The third-order valence-electron chi connectivity index (χ3n) is 8.22. The van der Waals surface area contributed by atoms with Crippen molar-refractivity contribution in [3.63, 3.8) is 0 Å². The van der Waals surface area contributed by atoms with E-state index in [1.54, 1.807) is 13.8 Å². The van der Waals surface area contributed by atoms with Gasteiger partial charge in [0, 0.05) is 12.1 Å². The van der Waals surface area contributed by atoms with Crippen molar-refractivity contribution in [3.8, 4) is 11.6 Å². The molecule has 54 heavy (non-hydrogen) atoms. The summed E-state index contributed by atoms with van der Waals surface area (Å²) in [6, 6.07) is 9.13. The van der Waals surface area contributed by atoms with E-state index >= 15 is 0 Å². The van der Waals surface area contributed by atoms with Crippen LogP contribution in [0.25, 0.3) is 11.8 Å². The van der Waals surface area contributed by atoms with Gasteiger partial charge in [-0.3, -0.25) is 38.8 Å². The third-order valence-corrected chi connectivity index (χ3v) is 9.07. The summed E-state index contributed by atoms with van der Waals surface area (Å²) in [6.07, 6.45) is 5.76. The molecule has 1 aromatic heterocycles. The van der Waals surface area contributed by atoms with E-state index in [2.05, 4.69) is 15.6 Å². The number of esters is 1. The Morgan fingerprint density at radius 3 is 2.39 bits per heavy atom. The van der Waals surface area contributed by atoms with E-state index in [-0.39, 0.29) is 42.5 Å². The highest BCUT2D eigenvalue weighted by Crippen LogP contribution is 2.25. The number of imide groups is 2. The molecule has 3 aromatic rings. The Labute approximate surface area is 308 Å². The number of allylic oxidation sites excluding steroid dienone is 4. The number of urea groups is 1. The SMILES string of the molecule is CCC(C)(C)C(=O)OCCCC(=O)Nc1cccc(N2C(=O)NC(=O)C(=CC=C(C)C=Cc3c(O)[nH]c(=O)n(-c4cccc(S(=O)(=O)O)c4)c3=O)C2=O)c1. The lowest BCUT2D eigenvalue weighted by molar-refractivity contribution is -0.154. The summed E-state index contributed by atoms with van der Waals surface area (Å²) in [7, 11) is -4.67. The number of aromatic hydroxyl groups is 1. The van der Waals surface area contributed by atoms with Crippen molar-refractivity contribution in [1.82, 2.24) is 14.9 Å². The van der Waals surface area contributed by atoms with E-state index in [0.29, 0.717) is 21.5 Å². The van der Waals surface area contributed by atoms with Gasteiger partial charge >= 0.3 is 17.7 Å². The van der Waals surface area contributed by atoms with Gasteiger partial charge in [-0.2, -0.15) is 8.42 Å². The highest BCUT2D eigenvalue weighted by Gasteiger charge is 2.36. The van der Waals surface area contributed by atoms with Gasteiger partial charge < -0.3 is 15.2 Å². The topological polar surface area (TPSA) is 251 Å². The zero-order valence-corrected chi connectivity index (χ0v) is 30.4. The van der Waals surface area contributed by atoms with Crippen LogP contribution in [-0.2, 0) is 34.0 Å². The van der Waals surface area contributed by atoms with Crippen LogP contribution in [0.2, 0.25) is 0 Å². The minimum absolute atomic E-state index is 0.0254. The van der Waals surface area contributed by atoms with Crippen LogP contribution in [0.1, 0.15) is 52.5 Å². The fraction of sp³-hybridized carbons (Fsp3) is 0.250. The predicted molar refractivity (Wildman–Crippen MR) is 195 cm³/mol. The molecular formula is C36H37N5O12S. The Bertz CT molecular complexity index is 2350. The number of rotatable bonds is 13. The van der Waals surface area contributed by atoms with E-state index in [4.69, 9.17) is 4.74 Å². The van der Waals surface area contributed by atoms with Crippen molar-refractivity contribution >= 4 is 57.3 Å². The van der Waals surface area contributed by atoms with Crippen LogP contribution in [0.3, 0.4) is 0 Å². The predicted octanol–water partition coefficient (Wildman–Crippen LogP) is 3.35. The maximum Gasteiger partial charge on any atom is 0.335 e. The van der Waals surface area contributed by atoms with Gasteiger partial charge in [0.1, 0.15) is 11.1 Å². The second kappa shape index (κ2) is 16.5. The highest BCUT2D eigenvalue weighted by atomic mass is 32.2. The number of benzene rings is 2. The van der Waals surface area contributed by atoms with Gasteiger partial charge in [0.15, 0.2) is 0 Å². The van der Waals surface area contributed by atoms with Crippen molar-refractivity contribution < 1.29 is 46.8 Å². The van der Waals surface area contributed by atoms with E-state index in [9.17, 15) is 51.6 Å². The van der Waals surface area contributed by atoms with E-state index in [0.717, 1.165) is 24.3 Å². The number of anilines is 2. The summed E-state index contributed by atoms with van der Waals surface area (Å²) in [5, 5.41) is 15.0. The van der Waals surface area contributed by atoms with Crippen molar-refractivity contribution in [3.05, 3.63) is 104 Å². The van der Waals surface area contributed by atoms with E-state index < -0.39 is 72.4 Å². The Hall–Kier alpha value is -6.40. The number of ether oxygens (including phenoxy) is 1. The van der Waals surface area contributed by atoms with Crippen LogP contribution in [0.5, 0.6) is 5.88 Å². The number of carbonyl (C=O) groups is 5. The first kappa shape index (κ1) is 40.4. The molecule has 0 saturated carbocycles. The molecule has 1 aliphatic rings. The molecule has 0 unspecified atom stereocenters. The first-order valence-corrected chi connectivity index (χ1v) is 17.8. The molecule has 2 aromatic carbocycles. The van der Waals surface area contributed by atoms with Crippen LogP contribution in [0.15, 0.2) is 92.4 Å². The molecule has 0 radical (unpaired) electrons. The standard InChI is InChI=1S/C36H37N5O12S/c1-5-36(3,4)33(47)53-18-8-13-28(42)37-22-9-6-10-23(19-22)40-31(45)26(29(43)38-34(40)48)16-14-21(2)15-17-27-30(44)39-35(49)41(32(27)46)24-11-7-12-25(20-24)54(50,51)52/h6-7,9-12,14-17,19-20,44H,5,8,13,18H2,1-4H3,(H,37,42)(H,39,49)(H,38,43,48)(H,50,51,52). The molecule has 17 nitrogen and oxygen atoms in total. The van der Waals surface area contributed by atoms with E-state index in [1.807, 2.05) is 6.92 Å². The molecule has 18 heteroatoms. The second-order valence-electron chi connectivity index (χ2n) is 12.6. The summed E-state index contributed by atoms with van der Waals surface area (Å²) in [5.41, 5.74) is -3.23. The lowest BCUT2D eigenvalue weighted by atomic mass is 9.91. The number of hydrogen-bond acceptors (Lipinski definition) is 11. The minimum atomic E-state index is -4.67. The van der Waals surface area contributed by atoms with Crippen molar-refractivity contribution in [2.24, 2.45) is 5.41 Å². The van der Waals surface area contributed by atoms with Gasteiger partial charge in [-0.25, -0.2) is 19.1 Å². The van der Waals surface area contributed by atoms with Crippen LogP contribution < -0.4 is 26.8 Å². The molecule has 5 amide bonds. The number of carbonyl (C=O) groups excluding carboxylic acids is 5. The van der Waals surface area contributed by atoms with Crippen molar-refractivity contribution in [2.45, 2.75) is 51.9 Å². The molecule has 1 saturated heterocycles. The van der Waals surface area contributed by atoms with Crippen molar-refractivity contribution in [2.75, 3.05) is 16.8 Å². The largest absolute Gasteiger partial charge is 0.494 e. The quantitative estimate of drug-likeness (QED) is 0.0420. The monoisotopic (exact) mass is 763 g/mol. The zero-order valence-electron chi connectivity index (χ0n) is 29.5. The molecule has 0 aliphatic carbocycles. The summed E-state index contributed by atoms with van der Waals surface area (Å²) < 4.78 is 38.3. The van der Waals surface area contributed by atoms with Gasteiger partial charge in [-0.05, 0) is 82.2 Å². The maximum atomic E-state index is 13.4. The van der Waals surface area contributed by atoms with Gasteiger partial charge in [-0.1, -0.05) is 36.8 Å². The van der Waals surface area contributed by atoms with E-state index in [1.165, 1.54) is 55.5 Å². The molecule has 1 aliphatic heterocycles. The molecule has 0 bridgehead atoms. The molecular weight excluding hydrogens is 726 g/mol. The summed E-state index contributed by atoms with van der Waals surface area (Å²) in [5.74, 6) is -3.54. The lowest BCUT2D eigenvalue weighted by Gasteiger charge is -2.26. The first-order chi connectivity index (χ1) is 25.3. The van der Waals surface area contributed by atoms with Crippen LogP contribution in [0, 0.1) is 5.41 Å². The number of barbiturate groups is 1. The average Bonchev–Trinajstić information content (AvgIpc) is 3.09. The number of nitrogens with zero attached hydrogens (tertiary/aromatic N) is 2. The summed E-state index contributed by atoms with van der Waals surface area (Å²) >= 11 is 0.